The van der Waals surface area contributed by atoms with E-state index >= 15 is 0 Å². The molecule has 122 valence electrons. The summed E-state index contributed by atoms with van der Waals surface area (Å²) in [6.07, 6.45) is 4.15. The Kier molecular flexibility index (Phi) is 4.92. The number of hydrogen-bond donors (Lipinski definition) is 2. The summed E-state index contributed by atoms with van der Waals surface area (Å²) in [5.74, 6) is 1.28. The highest BCUT2D eigenvalue weighted by Crippen LogP contribution is 2.18. The number of anilines is 2. The average molecular weight is 314 g/mol. The van der Waals surface area contributed by atoms with Gasteiger partial charge in [-0.15, -0.1) is 0 Å². The van der Waals surface area contributed by atoms with Gasteiger partial charge in [-0.2, -0.15) is 0 Å². The molecule has 1 aliphatic rings. The molecule has 2 N–H and O–H groups in total. The number of aryl methyl sites for hydroxylation is 1. The largest absolute Gasteiger partial charge is 0.492 e. The number of ether oxygens (including phenoxy) is 1. The normalized spacial score (nSPS) is 14.8. The lowest BCUT2D eigenvalue weighted by Gasteiger charge is -2.15. The fourth-order valence-corrected chi connectivity index (χ4v) is 2.59. The number of H-pyrrole nitrogens is 1. The summed E-state index contributed by atoms with van der Waals surface area (Å²) in [5, 5.41) is 3.07. The minimum atomic E-state index is -0.135. The molecular weight excluding hydrogens is 292 g/mol. The van der Waals surface area contributed by atoms with E-state index in [9.17, 15) is 4.79 Å². The molecule has 2 heterocycles. The summed E-state index contributed by atoms with van der Waals surface area (Å²) in [6.45, 7) is 5.79. The first-order valence-corrected chi connectivity index (χ1v) is 7.99. The first kappa shape index (κ1) is 15.6. The van der Waals surface area contributed by atoms with Crippen molar-refractivity contribution in [2.24, 2.45) is 0 Å². The Hall–Kier alpha value is -2.34. The molecule has 2 aromatic rings. The van der Waals surface area contributed by atoms with Gasteiger partial charge in [0.25, 0.3) is 5.56 Å². The van der Waals surface area contributed by atoms with Crippen molar-refractivity contribution in [2.45, 2.75) is 19.8 Å². The number of likely N-dealkylation sites (tertiary alicyclic amines) is 1. The predicted molar refractivity (Wildman–Crippen MR) is 90.5 cm³/mol. The maximum absolute atomic E-state index is 11.6. The topological polar surface area (TPSA) is 70.2 Å². The molecule has 1 aliphatic heterocycles. The van der Waals surface area contributed by atoms with Crippen LogP contribution in [0.25, 0.3) is 0 Å². The summed E-state index contributed by atoms with van der Waals surface area (Å²) in [6, 6.07) is 7.65. The van der Waals surface area contributed by atoms with Crippen LogP contribution in [-0.2, 0) is 0 Å². The third-order valence-electron chi connectivity index (χ3n) is 3.97. The molecule has 3 rings (SSSR count). The highest BCUT2D eigenvalue weighted by molar-refractivity contribution is 5.54. The Labute approximate surface area is 135 Å². The van der Waals surface area contributed by atoms with Crippen LogP contribution < -0.4 is 15.6 Å². The van der Waals surface area contributed by atoms with Crippen molar-refractivity contribution in [3.63, 3.8) is 0 Å². The molecule has 1 saturated heterocycles. The Balaban J connectivity index is 1.51. The fraction of sp³-hybridized carbons (Fsp3) is 0.412. The highest BCUT2D eigenvalue weighted by atomic mass is 16.5. The van der Waals surface area contributed by atoms with Crippen LogP contribution in [0, 0.1) is 6.92 Å². The summed E-state index contributed by atoms with van der Waals surface area (Å²) in [7, 11) is 0. The molecule has 23 heavy (non-hydrogen) atoms. The molecule has 0 bridgehead atoms. The van der Waals surface area contributed by atoms with Crippen LogP contribution in [0.4, 0.5) is 11.6 Å². The monoisotopic (exact) mass is 314 g/mol. The molecule has 0 unspecified atom stereocenters. The molecular formula is C17H22N4O2. The zero-order valence-corrected chi connectivity index (χ0v) is 13.3. The molecule has 6 heteroatoms. The summed E-state index contributed by atoms with van der Waals surface area (Å²) >= 11 is 0. The van der Waals surface area contributed by atoms with Crippen LogP contribution in [0.3, 0.4) is 0 Å². The van der Waals surface area contributed by atoms with E-state index in [4.69, 9.17) is 4.74 Å². The Morgan fingerprint density at radius 2 is 2.00 bits per heavy atom. The highest BCUT2D eigenvalue weighted by Gasteiger charge is 2.10. The second-order valence-electron chi connectivity index (χ2n) is 5.79. The first-order chi connectivity index (χ1) is 11.2. The van der Waals surface area contributed by atoms with Crippen LogP contribution in [0.5, 0.6) is 5.75 Å². The van der Waals surface area contributed by atoms with Gasteiger partial charge < -0.3 is 10.1 Å². The number of nitrogens with zero attached hydrogens (tertiary/aromatic N) is 2. The molecule has 1 aromatic carbocycles. The van der Waals surface area contributed by atoms with Crippen molar-refractivity contribution in [3.05, 3.63) is 46.4 Å². The fourth-order valence-electron chi connectivity index (χ4n) is 2.59. The average Bonchev–Trinajstić information content (AvgIpc) is 3.06. The summed E-state index contributed by atoms with van der Waals surface area (Å²) in [4.78, 5) is 20.8. The third kappa shape index (κ3) is 4.32. The molecule has 6 nitrogen and oxygen atoms in total. The molecule has 0 radical (unpaired) electrons. The maximum atomic E-state index is 11.6. The predicted octanol–water partition coefficient (Wildman–Crippen LogP) is 2.30. The van der Waals surface area contributed by atoms with Gasteiger partial charge in [-0.05, 0) is 57.1 Å². The minimum Gasteiger partial charge on any atom is -0.492 e. The van der Waals surface area contributed by atoms with Crippen molar-refractivity contribution in [1.82, 2.24) is 14.9 Å². The van der Waals surface area contributed by atoms with Crippen molar-refractivity contribution >= 4 is 11.6 Å². The van der Waals surface area contributed by atoms with E-state index in [0.717, 1.165) is 18.0 Å². The van der Waals surface area contributed by atoms with Gasteiger partial charge >= 0.3 is 0 Å². The molecule has 0 atom stereocenters. The lowest BCUT2D eigenvalue weighted by Crippen LogP contribution is -2.25. The zero-order valence-electron chi connectivity index (χ0n) is 13.3. The van der Waals surface area contributed by atoms with E-state index in [1.165, 1.54) is 25.9 Å². The van der Waals surface area contributed by atoms with Crippen molar-refractivity contribution < 1.29 is 4.74 Å². The molecule has 0 spiro atoms. The van der Waals surface area contributed by atoms with Crippen LogP contribution in [-0.4, -0.2) is 41.1 Å². The van der Waals surface area contributed by atoms with Gasteiger partial charge in [-0.3, -0.25) is 14.7 Å². The van der Waals surface area contributed by atoms with E-state index in [1.807, 2.05) is 24.3 Å². The Morgan fingerprint density at radius 1 is 1.26 bits per heavy atom. The van der Waals surface area contributed by atoms with Crippen LogP contribution in [0.15, 0.2) is 35.3 Å². The van der Waals surface area contributed by atoms with Gasteiger partial charge in [0.15, 0.2) is 0 Å². The molecule has 1 aromatic heterocycles. The minimum absolute atomic E-state index is 0.135. The van der Waals surface area contributed by atoms with Crippen LogP contribution >= 0.6 is 0 Å². The lowest BCUT2D eigenvalue weighted by molar-refractivity contribution is 0.238. The van der Waals surface area contributed by atoms with Crippen LogP contribution in [0.2, 0.25) is 0 Å². The van der Waals surface area contributed by atoms with Crippen LogP contribution in [0.1, 0.15) is 18.4 Å². The quantitative estimate of drug-likeness (QED) is 0.856. The standard InChI is InChI=1S/C17H22N4O2/c1-13-12-18-17(20-16(13)22)19-14-4-6-15(7-5-14)23-11-10-21-8-2-3-9-21/h4-7,12H,2-3,8-11H2,1H3,(H2,18,19,20,22). The Morgan fingerprint density at radius 3 is 2.70 bits per heavy atom. The Bertz CT molecular complexity index is 690. The number of aromatic amines is 1. The van der Waals surface area contributed by atoms with Gasteiger partial charge in [0, 0.05) is 24.0 Å². The van der Waals surface area contributed by atoms with E-state index in [1.54, 1.807) is 13.1 Å². The van der Waals surface area contributed by atoms with Gasteiger partial charge in [-0.1, -0.05) is 0 Å². The number of hydrogen-bond acceptors (Lipinski definition) is 5. The number of rotatable bonds is 6. The van der Waals surface area contributed by atoms with Crippen molar-refractivity contribution in [1.29, 1.82) is 0 Å². The van der Waals surface area contributed by atoms with Gasteiger partial charge in [0.05, 0.1) is 0 Å². The first-order valence-electron chi connectivity index (χ1n) is 7.99. The number of aromatic nitrogens is 2. The van der Waals surface area contributed by atoms with E-state index < -0.39 is 0 Å². The van der Waals surface area contributed by atoms with E-state index in [-0.39, 0.29) is 5.56 Å². The second-order valence-corrected chi connectivity index (χ2v) is 5.79. The third-order valence-corrected chi connectivity index (χ3v) is 3.97. The molecule has 0 amide bonds. The summed E-state index contributed by atoms with van der Waals surface area (Å²) in [5.41, 5.74) is 1.31. The second kappa shape index (κ2) is 7.28. The summed E-state index contributed by atoms with van der Waals surface area (Å²) < 4.78 is 5.77. The SMILES string of the molecule is Cc1cnc(Nc2ccc(OCCN3CCCC3)cc2)[nH]c1=O. The van der Waals surface area contributed by atoms with Crippen molar-refractivity contribution in [2.75, 3.05) is 31.6 Å². The zero-order chi connectivity index (χ0) is 16.1. The van der Waals surface area contributed by atoms with E-state index in [2.05, 4.69) is 20.2 Å². The lowest BCUT2D eigenvalue weighted by atomic mass is 10.3. The molecule has 0 saturated carbocycles. The van der Waals surface area contributed by atoms with Gasteiger partial charge in [-0.25, -0.2) is 4.98 Å². The van der Waals surface area contributed by atoms with Crippen molar-refractivity contribution in [3.8, 4) is 5.75 Å². The van der Waals surface area contributed by atoms with Gasteiger partial charge in [0.1, 0.15) is 12.4 Å². The van der Waals surface area contributed by atoms with Gasteiger partial charge in [0.2, 0.25) is 5.95 Å². The molecule has 1 fully saturated rings. The number of benzene rings is 1. The molecule has 0 aliphatic carbocycles. The smallest absolute Gasteiger partial charge is 0.255 e. The number of nitrogens with one attached hydrogen (secondary N) is 2. The maximum Gasteiger partial charge on any atom is 0.255 e. The van der Waals surface area contributed by atoms with E-state index in [0.29, 0.717) is 18.1 Å².